The summed E-state index contributed by atoms with van der Waals surface area (Å²) >= 11 is 0. The van der Waals surface area contributed by atoms with Crippen molar-refractivity contribution in [3.63, 3.8) is 0 Å². The predicted molar refractivity (Wildman–Crippen MR) is 95.7 cm³/mol. The van der Waals surface area contributed by atoms with Gasteiger partial charge in [0.15, 0.2) is 11.6 Å². The Morgan fingerprint density at radius 3 is 2.42 bits per heavy atom. The lowest BCUT2D eigenvalue weighted by Gasteiger charge is -2.44. The third-order valence-electron chi connectivity index (χ3n) is 5.20. The lowest BCUT2D eigenvalue weighted by Crippen LogP contribution is -2.54. The molecule has 1 aromatic carbocycles. The van der Waals surface area contributed by atoms with E-state index in [1.54, 1.807) is 17.0 Å². The number of ether oxygens (including phenoxy) is 2. The van der Waals surface area contributed by atoms with Crippen molar-refractivity contribution in [1.82, 2.24) is 4.90 Å². The number of hydrogen-bond acceptors (Lipinski definition) is 4. The van der Waals surface area contributed by atoms with E-state index in [2.05, 4.69) is 0 Å². The summed E-state index contributed by atoms with van der Waals surface area (Å²) in [5, 5.41) is 11.1. The third kappa shape index (κ3) is 3.95. The van der Waals surface area contributed by atoms with Crippen LogP contribution in [0.15, 0.2) is 18.2 Å². The van der Waals surface area contributed by atoms with Crippen molar-refractivity contribution in [3.05, 3.63) is 29.6 Å². The number of carbonyl (C=O) groups excluding carboxylic acids is 1. The molecule has 0 aromatic heterocycles. The number of nitrogens with zero attached hydrogens (tertiary/aromatic N) is 1. The number of piperidine rings is 1. The van der Waals surface area contributed by atoms with Crippen molar-refractivity contribution >= 4 is 6.09 Å². The largest absolute Gasteiger partial charge is 0.494 e. The number of hydrogen-bond donors (Lipinski definition) is 1. The molecule has 2 bridgehead atoms. The Bertz CT molecular complexity index is 671. The summed E-state index contributed by atoms with van der Waals surface area (Å²) in [4.78, 5) is 14.3. The molecule has 5 nitrogen and oxygen atoms in total. The van der Waals surface area contributed by atoms with Crippen molar-refractivity contribution in [2.45, 2.75) is 76.2 Å². The Morgan fingerprint density at radius 2 is 1.92 bits per heavy atom. The van der Waals surface area contributed by atoms with Gasteiger partial charge in [-0.25, -0.2) is 9.18 Å². The maximum absolute atomic E-state index is 13.9. The lowest BCUT2D eigenvalue weighted by molar-refractivity contribution is -0.0579. The molecular formula is C20H28FNO4. The molecule has 0 radical (unpaired) electrons. The number of carbonyl (C=O) groups is 1. The monoisotopic (exact) mass is 365 g/mol. The second-order valence-electron chi connectivity index (χ2n) is 8.55. The first-order valence-corrected chi connectivity index (χ1v) is 9.16. The van der Waals surface area contributed by atoms with Gasteiger partial charge in [0, 0.05) is 18.5 Å². The quantitative estimate of drug-likeness (QED) is 0.888. The fourth-order valence-electron chi connectivity index (χ4n) is 4.28. The summed E-state index contributed by atoms with van der Waals surface area (Å²) < 4.78 is 24.4. The molecule has 2 heterocycles. The van der Waals surface area contributed by atoms with Gasteiger partial charge in [-0.15, -0.1) is 0 Å². The Labute approximate surface area is 154 Å². The van der Waals surface area contributed by atoms with Crippen LogP contribution < -0.4 is 4.74 Å². The number of amides is 1. The van der Waals surface area contributed by atoms with Gasteiger partial charge in [-0.2, -0.15) is 0 Å². The van der Waals surface area contributed by atoms with Crippen LogP contribution in [-0.4, -0.2) is 46.5 Å². The summed E-state index contributed by atoms with van der Waals surface area (Å²) in [6.45, 7) is 5.56. The topological polar surface area (TPSA) is 59.0 Å². The van der Waals surface area contributed by atoms with Crippen LogP contribution in [0.3, 0.4) is 0 Å². The number of aliphatic hydroxyl groups is 1. The number of benzene rings is 1. The molecule has 1 N–H and O–H groups in total. The highest BCUT2D eigenvalue weighted by Crippen LogP contribution is 2.43. The van der Waals surface area contributed by atoms with Crippen LogP contribution in [-0.2, 0) is 11.2 Å². The van der Waals surface area contributed by atoms with Gasteiger partial charge in [0.25, 0.3) is 0 Å². The second kappa shape index (κ2) is 6.72. The van der Waals surface area contributed by atoms with E-state index in [0.717, 1.165) is 18.4 Å². The van der Waals surface area contributed by atoms with E-state index < -0.39 is 17.0 Å². The summed E-state index contributed by atoms with van der Waals surface area (Å²) in [6.07, 6.45) is 2.75. The molecule has 2 aliphatic rings. The van der Waals surface area contributed by atoms with E-state index in [1.807, 2.05) is 20.8 Å². The molecule has 26 heavy (non-hydrogen) atoms. The molecule has 0 saturated carbocycles. The van der Waals surface area contributed by atoms with Crippen LogP contribution >= 0.6 is 0 Å². The molecule has 0 spiro atoms. The highest BCUT2D eigenvalue weighted by atomic mass is 19.1. The van der Waals surface area contributed by atoms with Crippen molar-refractivity contribution < 1.29 is 23.8 Å². The third-order valence-corrected chi connectivity index (χ3v) is 5.20. The fraction of sp³-hybridized carbons (Fsp3) is 0.650. The zero-order valence-corrected chi connectivity index (χ0v) is 15.9. The van der Waals surface area contributed by atoms with E-state index in [1.165, 1.54) is 13.2 Å². The molecule has 2 fully saturated rings. The van der Waals surface area contributed by atoms with Crippen LogP contribution in [0.1, 0.15) is 52.0 Å². The van der Waals surface area contributed by atoms with Crippen LogP contribution in [0.2, 0.25) is 0 Å². The maximum Gasteiger partial charge on any atom is 0.410 e. The van der Waals surface area contributed by atoms with Gasteiger partial charge < -0.3 is 19.5 Å². The zero-order chi connectivity index (χ0) is 19.1. The second-order valence-corrected chi connectivity index (χ2v) is 8.55. The molecule has 2 atom stereocenters. The number of methoxy groups -OCH3 is 1. The maximum atomic E-state index is 13.9. The summed E-state index contributed by atoms with van der Waals surface area (Å²) in [5.74, 6) is -0.233. The number of halogens is 1. The van der Waals surface area contributed by atoms with Gasteiger partial charge in [-0.05, 0) is 64.2 Å². The Hall–Kier alpha value is -1.82. The molecule has 3 rings (SSSR count). The van der Waals surface area contributed by atoms with E-state index in [0.29, 0.717) is 19.3 Å². The van der Waals surface area contributed by atoms with Crippen LogP contribution in [0, 0.1) is 5.82 Å². The van der Waals surface area contributed by atoms with Crippen LogP contribution in [0.25, 0.3) is 0 Å². The van der Waals surface area contributed by atoms with E-state index in [9.17, 15) is 14.3 Å². The van der Waals surface area contributed by atoms with Gasteiger partial charge in [0.05, 0.1) is 12.7 Å². The minimum Gasteiger partial charge on any atom is -0.494 e. The highest BCUT2D eigenvalue weighted by molar-refractivity contribution is 5.69. The average molecular weight is 365 g/mol. The molecule has 2 saturated heterocycles. The Morgan fingerprint density at radius 1 is 1.31 bits per heavy atom. The van der Waals surface area contributed by atoms with Crippen LogP contribution in [0.5, 0.6) is 5.75 Å². The normalized spacial score (nSPS) is 28.2. The smallest absolute Gasteiger partial charge is 0.410 e. The highest BCUT2D eigenvalue weighted by Gasteiger charge is 2.50. The molecule has 144 valence electrons. The van der Waals surface area contributed by atoms with Gasteiger partial charge in [-0.1, -0.05) is 6.07 Å². The first-order chi connectivity index (χ1) is 12.1. The lowest BCUT2D eigenvalue weighted by atomic mass is 9.81. The van der Waals surface area contributed by atoms with E-state index >= 15 is 0 Å². The van der Waals surface area contributed by atoms with Gasteiger partial charge in [0.1, 0.15) is 5.60 Å². The Balaban J connectivity index is 1.71. The SMILES string of the molecule is COc1ccc(CC2(O)CC3CCC(C2)N3C(=O)OC(C)(C)C)cc1F. The first-order valence-electron chi connectivity index (χ1n) is 9.16. The van der Waals surface area contributed by atoms with Crippen LogP contribution in [0.4, 0.5) is 9.18 Å². The first kappa shape index (κ1) is 19.0. The van der Waals surface area contributed by atoms with Crippen molar-refractivity contribution in [1.29, 1.82) is 0 Å². The minimum absolute atomic E-state index is 0.0308. The molecule has 0 aliphatic carbocycles. The van der Waals surface area contributed by atoms with E-state index in [4.69, 9.17) is 9.47 Å². The molecule has 6 heteroatoms. The number of rotatable bonds is 3. The summed E-state index contributed by atoms with van der Waals surface area (Å²) in [7, 11) is 1.43. The predicted octanol–water partition coefficient (Wildman–Crippen LogP) is 3.67. The standard InChI is InChI=1S/C20H28FNO4/c1-19(2,3)26-18(23)22-14-6-7-15(22)12-20(24,11-14)10-13-5-8-17(25-4)16(21)9-13/h5,8-9,14-15,24H,6-7,10-12H2,1-4H3. The summed E-state index contributed by atoms with van der Waals surface area (Å²) in [5.41, 5.74) is -0.744. The van der Waals surface area contributed by atoms with Gasteiger partial charge in [0.2, 0.25) is 0 Å². The van der Waals surface area contributed by atoms with Crippen molar-refractivity contribution in [3.8, 4) is 5.75 Å². The van der Waals surface area contributed by atoms with E-state index in [-0.39, 0.29) is 23.9 Å². The molecule has 1 amide bonds. The van der Waals surface area contributed by atoms with Gasteiger partial charge in [-0.3, -0.25) is 0 Å². The Kier molecular flexibility index (Phi) is 4.90. The molecule has 1 aromatic rings. The minimum atomic E-state index is -0.939. The molecule has 2 unspecified atom stereocenters. The fourth-order valence-corrected chi connectivity index (χ4v) is 4.28. The number of fused-ring (bicyclic) bond motifs is 2. The average Bonchev–Trinajstić information content (AvgIpc) is 2.79. The zero-order valence-electron chi connectivity index (χ0n) is 15.9. The van der Waals surface area contributed by atoms with Crippen molar-refractivity contribution in [2.24, 2.45) is 0 Å². The van der Waals surface area contributed by atoms with Crippen molar-refractivity contribution in [2.75, 3.05) is 7.11 Å². The molecule has 2 aliphatic heterocycles. The van der Waals surface area contributed by atoms with Gasteiger partial charge >= 0.3 is 6.09 Å². The molecular weight excluding hydrogens is 337 g/mol. The summed E-state index contributed by atoms with van der Waals surface area (Å²) in [6, 6.07) is 4.72.